The first-order valence-corrected chi connectivity index (χ1v) is 15.3. The molecule has 2 rings (SSSR count). The van der Waals surface area contributed by atoms with Gasteiger partial charge < -0.3 is 5.11 Å². The van der Waals surface area contributed by atoms with Crippen molar-refractivity contribution in [2.24, 2.45) is 0 Å². The molecule has 36 heavy (non-hydrogen) atoms. The zero-order valence-corrected chi connectivity index (χ0v) is 23.7. The Balaban J connectivity index is 2.58. The molecule has 0 saturated carbocycles. The van der Waals surface area contributed by atoms with E-state index in [0.717, 1.165) is 68.1 Å². The van der Waals surface area contributed by atoms with Crippen molar-refractivity contribution in [2.45, 2.75) is 115 Å². The predicted molar refractivity (Wildman–Crippen MR) is 151 cm³/mol. The van der Waals surface area contributed by atoms with Crippen molar-refractivity contribution in [3.8, 4) is 0 Å². The van der Waals surface area contributed by atoms with Crippen LogP contribution < -0.4 is 0 Å². The van der Waals surface area contributed by atoms with Gasteiger partial charge in [-0.2, -0.15) is 0 Å². The fourth-order valence-corrected chi connectivity index (χ4v) is 5.86. The van der Waals surface area contributed by atoms with Crippen LogP contribution in [0.15, 0.2) is 71.3 Å². The van der Waals surface area contributed by atoms with E-state index >= 15 is 0 Å². The molecular formula is C31H47NO3S. The van der Waals surface area contributed by atoms with Crippen LogP contribution in [0.4, 0.5) is 0 Å². The van der Waals surface area contributed by atoms with Crippen LogP contribution in [0.25, 0.3) is 0 Å². The lowest BCUT2D eigenvalue weighted by Gasteiger charge is -2.33. The molecule has 1 N–H and O–H groups in total. The molecule has 0 saturated heterocycles. The summed E-state index contributed by atoms with van der Waals surface area (Å²) < 4.78 is 29.3. The smallest absolute Gasteiger partial charge is 0.264 e. The molecule has 0 aromatic heterocycles. The van der Waals surface area contributed by atoms with E-state index in [9.17, 15) is 13.5 Å². The lowest BCUT2D eigenvalue weighted by Crippen LogP contribution is -2.34. The van der Waals surface area contributed by atoms with E-state index in [1.165, 1.54) is 4.31 Å². The third-order valence-electron chi connectivity index (χ3n) is 6.89. The number of nitrogens with zero attached hydrogens (tertiary/aromatic N) is 1. The molecular weight excluding hydrogens is 466 g/mol. The number of hydrogen-bond acceptors (Lipinski definition) is 3. The van der Waals surface area contributed by atoms with Gasteiger partial charge in [0.25, 0.3) is 10.0 Å². The molecule has 5 heteroatoms. The number of rotatable bonds is 17. The van der Waals surface area contributed by atoms with Gasteiger partial charge in [-0.3, -0.25) is 4.31 Å². The van der Waals surface area contributed by atoms with Gasteiger partial charge in [-0.05, 0) is 55.9 Å². The lowest BCUT2D eigenvalue weighted by molar-refractivity contribution is 0.0502. The minimum atomic E-state index is -3.80. The molecule has 0 spiro atoms. The maximum atomic E-state index is 13.9. The molecule has 0 aliphatic rings. The molecule has 0 aliphatic heterocycles. The van der Waals surface area contributed by atoms with E-state index in [4.69, 9.17) is 0 Å². The van der Waals surface area contributed by atoms with Crippen molar-refractivity contribution in [3.05, 3.63) is 77.5 Å². The first-order chi connectivity index (χ1) is 17.3. The highest BCUT2D eigenvalue weighted by Gasteiger charge is 2.32. The van der Waals surface area contributed by atoms with E-state index in [2.05, 4.69) is 20.8 Å². The van der Waals surface area contributed by atoms with Crippen molar-refractivity contribution in [1.82, 2.24) is 4.31 Å². The molecule has 0 atom stereocenters. The topological polar surface area (TPSA) is 57.6 Å². The van der Waals surface area contributed by atoms with Crippen molar-refractivity contribution >= 4 is 10.0 Å². The van der Waals surface area contributed by atoms with E-state index in [-0.39, 0.29) is 11.4 Å². The molecule has 0 amide bonds. The lowest BCUT2D eigenvalue weighted by atomic mass is 9.81. The van der Waals surface area contributed by atoms with Crippen LogP contribution in [-0.4, -0.2) is 23.4 Å². The molecule has 200 valence electrons. The Hall–Kier alpha value is -2.11. The summed E-state index contributed by atoms with van der Waals surface area (Å²) >= 11 is 0. The Labute approximate surface area is 220 Å². The zero-order chi connectivity index (χ0) is 26.4. The fourth-order valence-electron chi connectivity index (χ4n) is 4.53. The highest BCUT2D eigenvalue weighted by Crippen LogP contribution is 2.34. The zero-order valence-electron chi connectivity index (χ0n) is 22.9. The minimum absolute atomic E-state index is 0.229. The van der Waals surface area contributed by atoms with Gasteiger partial charge in [-0.25, -0.2) is 8.42 Å². The Kier molecular flexibility index (Phi) is 12.7. The fraction of sp³-hybridized carbons (Fsp3) is 0.548. The third kappa shape index (κ3) is 9.08. The summed E-state index contributed by atoms with van der Waals surface area (Å²) in [5.41, 5.74) is 1.80. The molecule has 0 radical (unpaired) electrons. The molecule has 0 heterocycles. The van der Waals surface area contributed by atoms with Crippen molar-refractivity contribution in [1.29, 1.82) is 0 Å². The Morgan fingerprint density at radius 1 is 0.833 bits per heavy atom. The molecule has 0 aliphatic carbocycles. The minimum Gasteiger partial charge on any atom is -0.385 e. The summed E-state index contributed by atoms with van der Waals surface area (Å²) in [5, 5.41) is 12.0. The molecule has 0 fully saturated rings. The average molecular weight is 514 g/mol. The first kappa shape index (κ1) is 30.1. The van der Waals surface area contributed by atoms with Crippen LogP contribution in [0.3, 0.4) is 0 Å². The van der Waals surface area contributed by atoms with Crippen LogP contribution >= 0.6 is 0 Å². The maximum absolute atomic E-state index is 13.9. The molecule has 4 nitrogen and oxygen atoms in total. The highest BCUT2D eigenvalue weighted by molar-refractivity contribution is 7.89. The Morgan fingerprint density at radius 2 is 1.42 bits per heavy atom. The Bertz CT molecular complexity index is 1010. The van der Waals surface area contributed by atoms with Gasteiger partial charge in [0.1, 0.15) is 0 Å². The maximum Gasteiger partial charge on any atom is 0.264 e. The summed E-state index contributed by atoms with van der Waals surface area (Å²) in [6.07, 6.45) is 11.9. The molecule has 2 aromatic rings. The summed E-state index contributed by atoms with van der Waals surface area (Å²) in [6.45, 7) is 8.63. The normalized spacial score (nSPS) is 12.6. The first-order valence-electron chi connectivity index (χ1n) is 13.8. The van der Waals surface area contributed by atoms with Gasteiger partial charge in [-0.15, -0.1) is 0 Å². The van der Waals surface area contributed by atoms with Crippen LogP contribution in [-0.2, 0) is 16.6 Å². The van der Waals surface area contributed by atoms with Gasteiger partial charge in [0.05, 0.1) is 17.0 Å². The second-order valence-electron chi connectivity index (χ2n) is 10.1. The number of aliphatic hydroxyl groups is 1. The largest absolute Gasteiger partial charge is 0.385 e. The second-order valence-corrected chi connectivity index (χ2v) is 11.9. The van der Waals surface area contributed by atoms with Gasteiger partial charge in [0.15, 0.2) is 0 Å². The number of hydrogen-bond donors (Lipinski definition) is 1. The molecule has 0 unspecified atom stereocenters. The van der Waals surface area contributed by atoms with Gasteiger partial charge in [-0.1, -0.05) is 114 Å². The molecule has 0 bridgehead atoms. The summed E-state index contributed by atoms with van der Waals surface area (Å²) in [4.78, 5) is 0.274. The number of benzene rings is 2. The van der Waals surface area contributed by atoms with Gasteiger partial charge in [0, 0.05) is 6.20 Å². The quantitative estimate of drug-likeness (QED) is 0.217. The van der Waals surface area contributed by atoms with E-state index in [1.807, 2.05) is 49.4 Å². The van der Waals surface area contributed by atoms with E-state index in [1.54, 1.807) is 18.3 Å². The van der Waals surface area contributed by atoms with Crippen LogP contribution in [0, 0.1) is 6.92 Å². The predicted octanol–water partition coefficient (Wildman–Crippen LogP) is 8.15. The average Bonchev–Trinajstić information content (AvgIpc) is 2.88. The highest BCUT2D eigenvalue weighted by atomic mass is 32.2. The van der Waals surface area contributed by atoms with Crippen LogP contribution in [0.2, 0.25) is 0 Å². The standard InChI is InChI=1S/C31H47NO3S/c1-5-8-11-15-18-29(31(33,23-9-6-2)24-10-7-3)26-32(25-28-16-13-12-14-17-28)36(34,35)30-21-19-27(4)20-22-30/h12-14,16-17,19-22,26,33H,5-11,15,18,23-25H2,1-4H3/b29-26+. The van der Waals surface area contributed by atoms with E-state index in [0.29, 0.717) is 19.3 Å². The molecule has 2 aromatic carbocycles. The number of sulfonamides is 1. The van der Waals surface area contributed by atoms with E-state index < -0.39 is 15.6 Å². The second kappa shape index (κ2) is 15.2. The summed E-state index contributed by atoms with van der Waals surface area (Å²) in [5.74, 6) is 0. The number of aryl methyl sites for hydroxylation is 1. The SMILES string of the molecule is CCCCCC/C(=C\N(Cc1ccccc1)S(=O)(=O)c1ccc(C)cc1)C(O)(CCCC)CCCC. The summed E-state index contributed by atoms with van der Waals surface area (Å²) in [6, 6.07) is 16.7. The van der Waals surface area contributed by atoms with Crippen molar-refractivity contribution in [2.75, 3.05) is 0 Å². The number of unbranched alkanes of at least 4 members (excludes halogenated alkanes) is 5. The third-order valence-corrected chi connectivity index (χ3v) is 8.61. The van der Waals surface area contributed by atoms with Crippen LogP contribution in [0.1, 0.15) is 103 Å². The van der Waals surface area contributed by atoms with Crippen molar-refractivity contribution in [3.63, 3.8) is 0 Å². The van der Waals surface area contributed by atoms with Gasteiger partial charge in [0.2, 0.25) is 0 Å². The Morgan fingerprint density at radius 3 is 1.97 bits per heavy atom. The monoisotopic (exact) mass is 513 g/mol. The summed E-state index contributed by atoms with van der Waals surface area (Å²) in [7, 11) is -3.80. The van der Waals surface area contributed by atoms with Gasteiger partial charge >= 0.3 is 0 Å². The van der Waals surface area contributed by atoms with Crippen LogP contribution in [0.5, 0.6) is 0 Å². The van der Waals surface area contributed by atoms with Crippen molar-refractivity contribution < 1.29 is 13.5 Å².